The highest BCUT2D eigenvalue weighted by atomic mass is 35.5. The van der Waals surface area contributed by atoms with Crippen molar-refractivity contribution in [2.45, 2.75) is 17.7 Å². The van der Waals surface area contributed by atoms with Crippen molar-refractivity contribution < 1.29 is 22.7 Å². The molecule has 0 spiro atoms. The van der Waals surface area contributed by atoms with Crippen molar-refractivity contribution in [2.24, 2.45) is 4.99 Å². The van der Waals surface area contributed by atoms with Crippen molar-refractivity contribution in [3.63, 3.8) is 0 Å². The van der Waals surface area contributed by atoms with Crippen LogP contribution in [0.15, 0.2) is 41.4 Å². The lowest BCUT2D eigenvalue weighted by Gasteiger charge is -2.24. The van der Waals surface area contributed by atoms with Crippen LogP contribution in [0.5, 0.6) is 11.5 Å². The van der Waals surface area contributed by atoms with Gasteiger partial charge in [-0.15, -0.1) is 0 Å². The Morgan fingerprint density at radius 2 is 1.84 bits per heavy atom. The largest absolute Gasteiger partial charge is 0.493 e. The van der Waals surface area contributed by atoms with Gasteiger partial charge in [-0.3, -0.25) is 4.79 Å². The highest BCUT2D eigenvalue weighted by molar-refractivity contribution is 8.16. The van der Waals surface area contributed by atoms with Crippen LogP contribution < -0.4 is 14.4 Å². The maximum absolute atomic E-state index is 12.8. The van der Waals surface area contributed by atoms with E-state index in [4.69, 9.17) is 32.7 Å². The van der Waals surface area contributed by atoms with Crippen LogP contribution in [0.3, 0.4) is 0 Å². The number of methoxy groups -OCH3 is 2. The first-order chi connectivity index (χ1) is 15.2. The molecule has 0 radical (unpaired) electrons. The molecule has 2 aromatic rings. The SMILES string of the molecule is COc1ccc(CC(=O)N=C2S[C@@H]3CS(=O)(=O)C[C@@H]3N2c2ccc(Cl)c(Cl)c2)cc1OC. The molecule has 1 amide bonds. The third-order valence-electron chi connectivity index (χ3n) is 5.27. The number of aliphatic imine (C=N–C) groups is 1. The normalized spacial score (nSPS) is 22.8. The van der Waals surface area contributed by atoms with Gasteiger partial charge < -0.3 is 14.4 Å². The molecule has 4 rings (SSSR count). The minimum Gasteiger partial charge on any atom is -0.493 e. The first-order valence-corrected chi connectivity index (χ1v) is 13.1. The predicted molar refractivity (Wildman–Crippen MR) is 128 cm³/mol. The highest BCUT2D eigenvalue weighted by Gasteiger charge is 2.49. The molecule has 2 atom stereocenters. The molecule has 0 bridgehead atoms. The third kappa shape index (κ3) is 4.71. The number of ether oxygens (including phenoxy) is 2. The van der Waals surface area contributed by atoms with Gasteiger partial charge in [0.1, 0.15) is 0 Å². The van der Waals surface area contributed by atoms with Gasteiger partial charge in [-0.05, 0) is 35.9 Å². The minimum absolute atomic E-state index is 0.00615. The molecule has 0 aromatic heterocycles. The molecule has 2 aliphatic heterocycles. The van der Waals surface area contributed by atoms with Gasteiger partial charge >= 0.3 is 0 Å². The molecule has 2 aromatic carbocycles. The van der Waals surface area contributed by atoms with Crippen molar-refractivity contribution in [1.29, 1.82) is 0 Å². The second-order valence-corrected chi connectivity index (χ2v) is 11.6. The number of carbonyl (C=O) groups excluding carboxylic acids is 1. The number of hydrogen-bond acceptors (Lipinski definition) is 6. The second kappa shape index (κ2) is 9.13. The molecule has 2 heterocycles. The Morgan fingerprint density at radius 3 is 2.53 bits per heavy atom. The van der Waals surface area contributed by atoms with Crippen molar-refractivity contribution >= 4 is 61.6 Å². The van der Waals surface area contributed by atoms with E-state index in [0.717, 1.165) is 5.56 Å². The zero-order valence-electron chi connectivity index (χ0n) is 17.2. The lowest BCUT2D eigenvalue weighted by atomic mass is 10.1. The fraction of sp³-hybridized carbons (Fsp3) is 0.333. The van der Waals surface area contributed by atoms with Gasteiger partial charge in [-0.25, -0.2) is 8.42 Å². The topological polar surface area (TPSA) is 85.3 Å². The summed E-state index contributed by atoms with van der Waals surface area (Å²) < 4.78 is 34.9. The van der Waals surface area contributed by atoms with Crippen molar-refractivity contribution in [3.8, 4) is 11.5 Å². The summed E-state index contributed by atoms with van der Waals surface area (Å²) >= 11 is 13.5. The molecule has 7 nitrogen and oxygen atoms in total. The Bertz CT molecular complexity index is 1200. The number of amides is 1. The van der Waals surface area contributed by atoms with E-state index >= 15 is 0 Å². The Hall–Kier alpha value is -1.94. The summed E-state index contributed by atoms with van der Waals surface area (Å²) in [6, 6.07) is 9.97. The fourth-order valence-electron chi connectivity index (χ4n) is 3.81. The number of carbonyl (C=O) groups is 1. The molecule has 170 valence electrons. The lowest BCUT2D eigenvalue weighted by Crippen LogP contribution is -2.37. The van der Waals surface area contributed by atoms with Gasteiger partial charge in [-0.2, -0.15) is 4.99 Å². The summed E-state index contributed by atoms with van der Waals surface area (Å²) in [7, 11) is -0.0959. The quantitative estimate of drug-likeness (QED) is 0.598. The average Bonchev–Trinajstić information content (AvgIpc) is 3.20. The number of benzene rings is 2. The second-order valence-electron chi connectivity index (χ2n) is 7.42. The number of thioether (sulfide) groups is 1. The third-order valence-corrected chi connectivity index (χ3v) is 9.22. The standard InChI is InChI=1S/C21H20Cl2N2O5S2/c1-29-17-6-3-12(7-18(17)30-2)8-20(26)24-21-25(13-4-5-14(22)15(23)9-13)16-10-32(27,28)11-19(16)31-21/h3-7,9,16,19H,8,10-11H2,1-2H3/t16-,19+/m0/s1. The number of halogens is 2. The van der Waals surface area contributed by atoms with E-state index < -0.39 is 9.84 Å². The van der Waals surface area contributed by atoms with Gasteiger partial charge in [0.25, 0.3) is 5.91 Å². The van der Waals surface area contributed by atoms with Gasteiger partial charge in [0.2, 0.25) is 0 Å². The molecule has 11 heteroatoms. The van der Waals surface area contributed by atoms with E-state index in [1.807, 2.05) is 0 Å². The van der Waals surface area contributed by atoms with Crippen LogP contribution in [0.1, 0.15) is 5.56 Å². The number of rotatable bonds is 5. The van der Waals surface area contributed by atoms with Crippen LogP contribution in [-0.2, 0) is 21.1 Å². The van der Waals surface area contributed by atoms with Gasteiger partial charge in [0, 0.05) is 10.9 Å². The van der Waals surface area contributed by atoms with Crippen molar-refractivity contribution in [3.05, 3.63) is 52.0 Å². The van der Waals surface area contributed by atoms with Crippen LogP contribution in [0.2, 0.25) is 10.0 Å². The summed E-state index contributed by atoms with van der Waals surface area (Å²) in [4.78, 5) is 18.9. The number of anilines is 1. The predicted octanol–water partition coefficient (Wildman–Crippen LogP) is 3.85. The van der Waals surface area contributed by atoms with Crippen molar-refractivity contribution in [1.82, 2.24) is 0 Å². The number of nitrogens with zero attached hydrogens (tertiary/aromatic N) is 2. The monoisotopic (exact) mass is 514 g/mol. The summed E-state index contributed by atoms with van der Waals surface area (Å²) in [5, 5.41) is 0.983. The lowest BCUT2D eigenvalue weighted by molar-refractivity contribution is -0.117. The van der Waals surface area contributed by atoms with Gasteiger partial charge in [0.05, 0.1) is 48.2 Å². The van der Waals surface area contributed by atoms with E-state index in [1.54, 1.807) is 48.4 Å². The summed E-state index contributed by atoms with van der Waals surface area (Å²) in [6.45, 7) is 0. The zero-order valence-corrected chi connectivity index (χ0v) is 20.4. The number of fused-ring (bicyclic) bond motifs is 1. The van der Waals surface area contributed by atoms with E-state index in [-0.39, 0.29) is 35.1 Å². The molecule has 2 saturated heterocycles. The van der Waals surface area contributed by atoms with E-state index in [9.17, 15) is 13.2 Å². The molecular formula is C21H20Cl2N2O5S2. The molecule has 2 aliphatic rings. The molecule has 2 fully saturated rings. The smallest absolute Gasteiger partial charge is 0.252 e. The Morgan fingerprint density at radius 1 is 1.09 bits per heavy atom. The van der Waals surface area contributed by atoms with Crippen molar-refractivity contribution in [2.75, 3.05) is 30.6 Å². The van der Waals surface area contributed by atoms with Gasteiger partial charge in [0.15, 0.2) is 26.5 Å². The number of amidine groups is 1. The fourth-order valence-corrected chi connectivity index (χ4v) is 8.04. The highest BCUT2D eigenvalue weighted by Crippen LogP contribution is 2.42. The van der Waals surface area contributed by atoms with Crippen LogP contribution in [0.4, 0.5) is 5.69 Å². The minimum atomic E-state index is -3.17. The van der Waals surface area contributed by atoms with Crippen LogP contribution >= 0.6 is 35.0 Å². The molecule has 0 saturated carbocycles. The van der Waals surface area contributed by atoms with E-state index in [0.29, 0.717) is 32.4 Å². The molecule has 0 unspecified atom stereocenters. The summed E-state index contributed by atoms with van der Waals surface area (Å²) in [5.74, 6) is 0.781. The number of hydrogen-bond donors (Lipinski definition) is 0. The summed E-state index contributed by atoms with van der Waals surface area (Å²) in [5.41, 5.74) is 1.37. The zero-order chi connectivity index (χ0) is 23.0. The van der Waals surface area contributed by atoms with E-state index in [2.05, 4.69) is 4.99 Å². The van der Waals surface area contributed by atoms with E-state index in [1.165, 1.54) is 18.9 Å². The average molecular weight is 515 g/mol. The van der Waals surface area contributed by atoms with Crippen LogP contribution in [0.25, 0.3) is 0 Å². The molecule has 0 aliphatic carbocycles. The molecular weight excluding hydrogens is 495 g/mol. The molecule has 32 heavy (non-hydrogen) atoms. The maximum atomic E-state index is 12.8. The Balaban J connectivity index is 1.63. The first kappa shape index (κ1) is 23.2. The van der Waals surface area contributed by atoms with Crippen LogP contribution in [-0.4, -0.2) is 56.5 Å². The number of sulfone groups is 1. The Labute approximate surface area is 200 Å². The maximum Gasteiger partial charge on any atom is 0.252 e. The molecule has 0 N–H and O–H groups in total. The van der Waals surface area contributed by atoms with Gasteiger partial charge in [-0.1, -0.05) is 41.0 Å². The first-order valence-electron chi connectivity index (χ1n) is 9.64. The van der Waals surface area contributed by atoms with Crippen LogP contribution in [0, 0.1) is 0 Å². The summed E-state index contributed by atoms with van der Waals surface area (Å²) in [6.07, 6.45) is 0.0628. The Kier molecular flexibility index (Phi) is 6.63.